The average molecular weight is 207 g/mol. The quantitative estimate of drug-likeness (QED) is 0.797. The maximum atomic E-state index is 4.33. The lowest BCUT2D eigenvalue weighted by Gasteiger charge is -2.20. The van der Waals surface area contributed by atoms with Gasteiger partial charge in [0.05, 0.1) is 0 Å². The monoisotopic (exact) mass is 207 g/mol. The molecule has 0 aromatic carbocycles. The van der Waals surface area contributed by atoms with Gasteiger partial charge >= 0.3 is 0 Å². The normalized spacial score (nSPS) is 20.0. The number of aryl methyl sites for hydroxylation is 1. The molecule has 1 fully saturated rings. The van der Waals surface area contributed by atoms with Gasteiger partial charge in [0.2, 0.25) is 0 Å². The predicted octanol–water partition coefficient (Wildman–Crippen LogP) is 2.88. The van der Waals surface area contributed by atoms with Gasteiger partial charge in [0, 0.05) is 17.3 Å². The highest BCUT2D eigenvalue weighted by molar-refractivity contribution is 5.46. The van der Waals surface area contributed by atoms with Crippen molar-refractivity contribution in [1.82, 2.24) is 10.2 Å². The highest BCUT2D eigenvalue weighted by Crippen LogP contribution is 2.48. The number of hydrogen-bond acceptors (Lipinski definition) is 2. The molecule has 2 rings (SSSR count). The topological polar surface area (TPSA) is 40.7 Å². The Bertz CT molecular complexity index is 350. The third-order valence-corrected chi connectivity index (χ3v) is 3.90. The number of rotatable bonds is 4. The molecule has 1 aliphatic rings. The predicted molar refractivity (Wildman–Crippen MR) is 63.1 cm³/mol. The Morgan fingerprint density at radius 3 is 2.67 bits per heavy atom. The van der Waals surface area contributed by atoms with Crippen LogP contribution in [0.2, 0.25) is 0 Å². The lowest BCUT2D eigenvalue weighted by molar-refractivity contribution is 0.492. The van der Waals surface area contributed by atoms with Gasteiger partial charge in [0.1, 0.15) is 0 Å². The van der Waals surface area contributed by atoms with Crippen LogP contribution in [0.1, 0.15) is 44.9 Å². The lowest BCUT2D eigenvalue weighted by Crippen LogP contribution is -2.25. The fourth-order valence-corrected chi connectivity index (χ4v) is 1.93. The van der Waals surface area contributed by atoms with Crippen LogP contribution in [-0.2, 0) is 6.42 Å². The van der Waals surface area contributed by atoms with Crippen LogP contribution >= 0.6 is 0 Å². The Morgan fingerprint density at radius 2 is 2.20 bits per heavy atom. The number of nitrogens with one attached hydrogen (secondary N) is 2. The summed E-state index contributed by atoms with van der Waals surface area (Å²) < 4.78 is 0. The molecule has 2 N–H and O–H groups in total. The highest BCUT2D eigenvalue weighted by Gasteiger charge is 2.42. The number of nitrogens with zero attached hydrogens (tertiary/aromatic N) is 1. The molecular formula is C12H21N3. The van der Waals surface area contributed by atoms with Crippen molar-refractivity contribution in [1.29, 1.82) is 0 Å². The van der Waals surface area contributed by atoms with Crippen molar-refractivity contribution in [2.24, 2.45) is 5.41 Å². The van der Waals surface area contributed by atoms with Crippen LogP contribution in [0.15, 0.2) is 0 Å². The molecule has 0 radical (unpaired) electrons. The zero-order valence-electron chi connectivity index (χ0n) is 10.1. The van der Waals surface area contributed by atoms with Crippen LogP contribution in [0.4, 0.5) is 5.82 Å². The summed E-state index contributed by atoms with van der Waals surface area (Å²) in [5, 5.41) is 10.9. The van der Waals surface area contributed by atoms with Crippen molar-refractivity contribution in [2.45, 2.75) is 53.0 Å². The lowest BCUT2D eigenvalue weighted by atomic mass is 10.0. The minimum Gasteiger partial charge on any atom is -0.365 e. The Labute approximate surface area is 91.7 Å². The first kappa shape index (κ1) is 10.5. The van der Waals surface area contributed by atoms with E-state index >= 15 is 0 Å². The van der Waals surface area contributed by atoms with Crippen LogP contribution in [0.5, 0.6) is 0 Å². The van der Waals surface area contributed by atoms with E-state index in [9.17, 15) is 0 Å². The van der Waals surface area contributed by atoms with Crippen LogP contribution in [0.25, 0.3) is 0 Å². The van der Waals surface area contributed by atoms with Crippen molar-refractivity contribution < 1.29 is 0 Å². The van der Waals surface area contributed by atoms with Crippen molar-refractivity contribution in [2.75, 3.05) is 5.32 Å². The minimum atomic E-state index is 0.498. The molecule has 0 saturated heterocycles. The zero-order chi connectivity index (χ0) is 11.1. The van der Waals surface area contributed by atoms with E-state index in [1.165, 1.54) is 24.1 Å². The van der Waals surface area contributed by atoms with E-state index in [0.717, 1.165) is 12.2 Å². The van der Waals surface area contributed by atoms with E-state index in [-0.39, 0.29) is 0 Å². The Balaban J connectivity index is 2.07. The summed E-state index contributed by atoms with van der Waals surface area (Å²) in [7, 11) is 0. The number of aromatic amines is 1. The standard InChI is InChI=1S/C12H21N3/c1-5-10-8(2)11(15-14-10)13-9(3)12(4)6-7-12/h9H,5-7H2,1-4H3,(H2,13,14,15). The van der Waals surface area contributed by atoms with Gasteiger partial charge < -0.3 is 5.32 Å². The second-order valence-corrected chi connectivity index (χ2v) is 5.05. The third kappa shape index (κ3) is 1.87. The maximum Gasteiger partial charge on any atom is 0.151 e. The van der Waals surface area contributed by atoms with Gasteiger partial charge in [0.25, 0.3) is 0 Å². The molecule has 3 heteroatoms. The summed E-state index contributed by atoms with van der Waals surface area (Å²) in [6.07, 6.45) is 3.70. The third-order valence-electron chi connectivity index (χ3n) is 3.90. The van der Waals surface area contributed by atoms with Crippen molar-refractivity contribution in [3.8, 4) is 0 Å². The molecule has 0 bridgehead atoms. The summed E-state index contributed by atoms with van der Waals surface area (Å²) in [6.45, 7) is 8.88. The van der Waals surface area contributed by atoms with Gasteiger partial charge in [0.15, 0.2) is 5.82 Å². The molecule has 1 saturated carbocycles. The minimum absolute atomic E-state index is 0.498. The molecule has 1 aromatic rings. The Morgan fingerprint density at radius 1 is 1.53 bits per heavy atom. The fraction of sp³-hybridized carbons (Fsp3) is 0.750. The smallest absolute Gasteiger partial charge is 0.151 e. The second-order valence-electron chi connectivity index (χ2n) is 5.05. The van der Waals surface area contributed by atoms with Crippen LogP contribution in [0, 0.1) is 12.3 Å². The van der Waals surface area contributed by atoms with E-state index in [0.29, 0.717) is 11.5 Å². The molecular weight excluding hydrogens is 186 g/mol. The fourth-order valence-electron chi connectivity index (χ4n) is 1.93. The van der Waals surface area contributed by atoms with E-state index < -0.39 is 0 Å². The van der Waals surface area contributed by atoms with Gasteiger partial charge in [-0.15, -0.1) is 0 Å². The number of aromatic nitrogens is 2. The molecule has 0 amide bonds. The van der Waals surface area contributed by atoms with Gasteiger partial charge in [-0.2, -0.15) is 5.10 Å². The van der Waals surface area contributed by atoms with Gasteiger partial charge in [-0.05, 0) is 38.5 Å². The van der Waals surface area contributed by atoms with Crippen molar-refractivity contribution >= 4 is 5.82 Å². The number of anilines is 1. The molecule has 1 aliphatic carbocycles. The van der Waals surface area contributed by atoms with E-state index in [4.69, 9.17) is 0 Å². The summed E-state index contributed by atoms with van der Waals surface area (Å²) in [5.41, 5.74) is 3.01. The Hall–Kier alpha value is -0.990. The molecule has 1 heterocycles. The summed E-state index contributed by atoms with van der Waals surface area (Å²) in [4.78, 5) is 0. The first-order valence-corrected chi connectivity index (χ1v) is 5.87. The summed E-state index contributed by atoms with van der Waals surface area (Å²) >= 11 is 0. The molecule has 0 aliphatic heterocycles. The molecule has 1 aromatic heterocycles. The molecule has 1 atom stereocenters. The first-order valence-electron chi connectivity index (χ1n) is 5.87. The SMILES string of the molecule is CCc1[nH]nc(NC(C)C2(C)CC2)c1C. The van der Waals surface area contributed by atoms with Gasteiger partial charge in [-0.1, -0.05) is 13.8 Å². The van der Waals surface area contributed by atoms with E-state index in [1.54, 1.807) is 0 Å². The molecule has 0 spiro atoms. The highest BCUT2D eigenvalue weighted by atomic mass is 15.2. The molecule has 15 heavy (non-hydrogen) atoms. The van der Waals surface area contributed by atoms with Crippen LogP contribution in [-0.4, -0.2) is 16.2 Å². The van der Waals surface area contributed by atoms with Crippen LogP contribution < -0.4 is 5.32 Å². The maximum absolute atomic E-state index is 4.33. The molecule has 3 nitrogen and oxygen atoms in total. The molecule has 84 valence electrons. The van der Waals surface area contributed by atoms with Crippen molar-refractivity contribution in [3.63, 3.8) is 0 Å². The number of H-pyrrole nitrogens is 1. The molecule has 1 unspecified atom stereocenters. The van der Waals surface area contributed by atoms with Gasteiger partial charge in [-0.25, -0.2) is 0 Å². The van der Waals surface area contributed by atoms with Gasteiger partial charge in [-0.3, -0.25) is 5.10 Å². The second kappa shape index (κ2) is 3.54. The average Bonchev–Trinajstić information content (AvgIpc) is 2.87. The van der Waals surface area contributed by atoms with E-state index in [2.05, 4.69) is 43.2 Å². The summed E-state index contributed by atoms with van der Waals surface area (Å²) in [6, 6.07) is 0.518. The Kier molecular flexibility index (Phi) is 2.49. The number of hydrogen-bond donors (Lipinski definition) is 2. The van der Waals surface area contributed by atoms with Crippen molar-refractivity contribution in [3.05, 3.63) is 11.3 Å². The first-order chi connectivity index (χ1) is 7.07. The zero-order valence-corrected chi connectivity index (χ0v) is 10.1. The van der Waals surface area contributed by atoms with Crippen LogP contribution in [0.3, 0.4) is 0 Å². The van der Waals surface area contributed by atoms with E-state index in [1.807, 2.05) is 0 Å². The largest absolute Gasteiger partial charge is 0.365 e. The summed E-state index contributed by atoms with van der Waals surface area (Å²) in [5.74, 6) is 1.03.